The summed E-state index contributed by atoms with van der Waals surface area (Å²) in [5, 5.41) is 8.56. The number of aryl methyl sites for hydroxylation is 1. The topological polar surface area (TPSA) is 58.0 Å². The van der Waals surface area contributed by atoms with E-state index in [1.165, 1.54) is 37.9 Å². The molecule has 1 atom stereocenters. The Morgan fingerprint density at radius 2 is 1.10 bits per heavy atom. The van der Waals surface area contributed by atoms with Crippen LogP contribution in [0.3, 0.4) is 0 Å². The molecule has 0 aliphatic heterocycles. The molecule has 0 radical (unpaired) electrons. The van der Waals surface area contributed by atoms with Crippen LogP contribution in [0.15, 0.2) is 159 Å². The summed E-state index contributed by atoms with van der Waals surface area (Å²) in [6.07, 6.45) is 7.06. The van der Waals surface area contributed by atoms with Gasteiger partial charge in [-0.1, -0.05) is 0 Å². The van der Waals surface area contributed by atoms with Crippen LogP contribution in [0.25, 0.3) is 21.8 Å². The summed E-state index contributed by atoms with van der Waals surface area (Å²) in [4.78, 5) is 22.8. The first kappa shape index (κ1) is 33.6. The third-order valence-electron chi connectivity index (χ3n) is 10.2. The van der Waals surface area contributed by atoms with E-state index in [4.69, 9.17) is 4.98 Å². The van der Waals surface area contributed by atoms with Crippen LogP contribution < -0.4 is 36.3 Å². The molecule has 6 aromatic carbocycles. The van der Waals surface area contributed by atoms with Gasteiger partial charge in [-0.3, -0.25) is 0 Å². The van der Waals surface area contributed by atoms with Gasteiger partial charge in [0.2, 0.25) is 0 Å². The van der Waals surface area contributed by atoms with E-state index in [0.717, 1.165) is 38.7 Å². The van der Waals surface area contributed by atoms with Gasteiger partial charge in [0.25, 0.3) is 0 Å². The molecule has 8 rings (SSSR count). The number of anilines is 4. The zero-order chi connectivity index (χ0) is 35.7. The SMILES string of the molecule is Cc1cc2ncncc2cc1N(C)c1cc2cncnc2cc1[PH](C)(c1ccccc1)c1ccccc1N(C)c1ccccc1Pc1ccccc1. The molecule has 0 saturated heterocycles. The van der Waals surface area contributed by atoms with Crippen molar-refractivity contribution in [1.82, 2.24) is 19.9 Å². The second-order valence-corrected chi connectivity index (χ2v) is 18.6. The number of benzene rings is 6. The number of rotatable bonds is 9. The third-order valence-corrected chi connectivity index (χ3v) is 16.0. The third kappa shape index (κ3) is 6.19. The average molecular weight is 715 g/mol. The maximum atomic E-state index is 4.80. The van der Waals surface area contributed by atoms with Gasteiger partial charge in [0.15, 0.2) is 0 Å². The van der Waals surface area contributed by atoms with Crippen molar-refractivity contribution in [2.45, 2.75) is 6.92 Å². The van der Waals surface area contributed by atoms with E-state index in [2.05, 4.69) is 186 Å². The van der Waals surface area contributed by atoms with Crippen LogP contribution in [-0.2, 0) is 0 Å². The van der Waals surface area contributed by atoms with Crippen LogP contribution in [0.5, 0.6) is 0 Å². The summed E-state index contributed by atoms with van der Waals surface area (Å²) in [6, 6.07) is 48.6. The van der Waals surface area contributed by atoms with Crippen molar-refractivity contribution < 1.29 is 0 Å². The van der Waals surface area contributed by atoms with E-state index in [9.17, 15) is 0 Å². The van der Waals surface area contributed by atoms with Gasteiger partial charge in [-0.15, -0.1) is 0 Å². The molecule has 2 heterocycles. The zero-order valence-corrected chi connectivity index (χ0v) is 31.7. The number of aromatic nitrogens is 4. The molecule has 0 spiro atoms. The van der Waals surface area contributed by atoms with E-state index in [1.54, 1.807) is 12.7 Å². The molecule has 8 aromatic rings. The van der Waals surface area contributed by atoms with Crippen molar-refractivity contribution in [3.63, 3.8) is 0 Å². The number of nitrogens with zero attached hydrogens (tertiary/aromatic N) is 6. The molecule has 2 aromatic heterocycles. The van der Waals surface area contributed by atoms with Gasteiger partial charge in [0, 0.05) is 0 Å². The minimum atomic E-state index is -2.80. The van der Waals surface area contributed by atoms with E-state index in [-0.39, 0.29) is 0 Å². The molecule has 0 aliphatic rings. The van der Waals surface area contributed by atoms with Crippen LogP contribution in [0.4, 0.5) is 22.7 Å². The Morgan fingerprint density at radius 3 is 1.81 bits per heavy atom. The normalized spacial score (nSPS) is 12.1. The van der Waals surface area contributed by atoms with Crippen LogP contribution >= 0.6 is 15.8 Å². The fourth-order valence-electron chi connectivity index (χ4n) is 7.40. The zero-order valence-electron chi connectivity index (χ0n) is 29.7. The van der Waals surface area contributed by atoms with E-state index in [1.807, 2.05) is 12.4 Å². The fraction of sp³-hybridized carbons (Fsp3) is 0.0909. The van der Waals surface area contributed by atoms with Gasteiger partial charge in [-0.05, 0) is 0 Å². The number of para-hydroxylation sites is 2. The van der Waals surface area contributed by atoms with Crippen LogP contribution in [0.1, 0.15) is 5.56 Å². The number of hydrogen-bond donors (Lipinski definition) is 0. The summed E-state index contributed by atoms with van der Waals surface area (Å²) in [5.41, 5.74) is 7.64. The first-order valence-electron chi connectivity index (χ1n) is 17.4. The molecule has 0 fully saturated rings. The molecule has 0 aliphatic carbocycles. The second kappa shape index (κ2) is 14.2. The van der Waals surface area contributed by atoms with Crippen molar-refractivity contribution in [3.05, 3.63) is 164 Å². The Morgan fingerprint density at radius 1 is 0.538 bits per heavy atom. The van der Waals surface area contributed by atoms with Gasteiger partial charge in [-0.2, -0.15) is 0 Å². The van der Waals surface area contributed by atoms with Gasteiger partial charge in [0.1, 0.15) is 0 Å². The average Bonchev–Trinajstić information content (AvgIpc) is 3.20. The van der Waals surface area contributed by atoms with Crippen molar-refractivity contribution in [1.29, 1.82) is 0 Å². The molecule has 0 bridgehead atoms. The maximum absolute atomic E-state index is 4.80. The molecule has 8 heteroatoms. The van der Waals surface area contributed by atoms with Crippen LogP contribution in [0.2, 0.25) is 0 Å². The molecule has 256 valence electrons. The minimum absolute atomic E-state index is 0.541. The summed E-state index contributed by atoms with van der Waals surface area (Å²) < 4.78 is 0. The van der Waals surface area contributed by atoms with E-state index < -0.39 is 7.26 Å². The predicted octanol–water partition coefficient (Wildman–Crippen LogP) is 7.70. The standard InChI is InChI=1S/C44H40N6P2/c1-31-23-36-32(27-45-29-47-36)24-40(31)50(3)41-25-33-28-46-30-48-37(33)26-44(41)52(4,35-17-9-6-10-18-35)43-22-14-12-20-39(43)49(2)38-19-11-13-21-42(38)51-34-15-7-5-8-16-34/h5-30,51-52H,1-4H3. The number of fused-ring (bicyclic) bond motifs is 2. The van der Waals surface area contributed by atoms with Crippen LogP contribution in [-0.4, -0.2) is 40.7 Å². The van der Waals surface area contributed by atoms with Gasteiger partial charge >= 0.3 is 308 Å². The molecule has 1 unspecified atom stereocenters. The van der Waals surface area contributed by atoms with Gasteiger partial charge < -0.3 is 0 Å². The van der Waals surface area contributed by atoms with Crippen molar-refractivity contribution in [3.8, 4) is 0 Å². The second-order valence-electron chi connectivity index (χ2n) is 13.3. The Bertz CT molecular complexity index is 2530. The van der Waals surface area contributed by atoms with E-state index >= 15 is 0 Å². The van der Waals surface area contributed by atoms with Crippen molar-refractivity contribution in [2.24, 2.45) is 0 Å². The monoisotopic (exact) mass is 714 g/mol. The summed E-state index contributed by atoms with van der Waals surface area (Å²) in [5.74, 6) is 0. The Kier molecular flexibility index (Phi) is 9.19. The Labute approximate surface area is 307 Å². The summed E-state index contributed by atoms with van der Waals surface area (Å²) >= 11 is 0. The molecule has 0 N–H and O–H groups in total. The summed E-state index contributed by atoms with van der Waals surface area (Å²) in [7, 11) is 2.13. The van der Waals surface area contributed by atoms with Crippen LogP contribution in [0, 0.1) is 6.92 Å². The molecule has 0 amide bonds. The fourth-order valence-corrected chi connectivity index (χ4v) is 12.8. The number of hydrogen-bond acceptors (Lipinski definition) is 6. The van der Waals surface area contributed by atoms with Crippen molar-refractivity contribution >= 4 is 86.9 Å². The predicted molar refractivity (Wildman–Crippen MR) is 226 cm³/mol. The van der Waals surface area contributed by atoms with E-state index in [0.29, 0.717) is 8.58 Å². The summed E-state index contributed by atoms with van der Waals surface area (Å²) in [6.45, 7) is 4.65. The van der Waals surface area contributed by atoms with Gasteiger partial charge in [0.05, 0.1) is 0 Å². The molecular formula is C44H40N6P2. The van der Waals surface area contributed by atoms with Crippen molar-refractivity contribution in [2.75, 3.05) is 30.6 Å². The molecule has 6 nitrogen and oxygen atoms in total. The quantitative estimate of drug-likeness (QED) is 0.143. The first-order chi connectivity index (χ1) is 25.4. The Hall–Kier alpha value is -5.54. The molecule has 52 heavy (non-hydrogen) atoms. The Balaban J connectivity index is 1.36. The molecular weight excluding hydrogens is 674 g/mol. The first-order valence-corrected chi connectivity index (χ1v) is 20.9. The van der Waals surface area contributed by atoms with Gasteiger partial charge in [-0.25, -0.2) is 0 Å². The molecule has 0 saturated carbocycles.